The Morgan fingerprint density at radius 3 is 2.41 bits per heavy atom. The van der Waals surface area contributed by atoms with Gasteiger partial charge >= 0.3 is 5.97 Å². The lowest BCUT2D eigenvalue weighted by molar-refractivity contribution is -0.143. The molecule has 0 unspecified atom stereocenters. The third kappa shape index (κ3) is 8.68. The van der Waals surface area contributed by atoms with Gasteiger partial charge in [-0.05, 0) is 27.2 Å². The van der Waals surface area contributed by atoms with Gasteiger partial charge in [-0.1, -0.05) is 6.92 Å². The molecule has 0 bridgehead atoms. The Hall–Kier alpha value is -1.10. The fraction of sp³-hybridized carbons (Fsp3) is 0.833. The fourth-order valence-electron chi connectivity index (χ4n) is 1.14. The van der Waals surface area contributed by atoms with Crippen LogP contribution in [-0.2, 0) is 14.3 Å². The molecule has 0 aromatic heterocycles. The minimum Gasteiger partial charge on any atom is -0.466 e. The number of esters is 1. The van der Waals surface area contributed by atoms with Crippen molar-refractivity contribution >= 4 is 11.9 Å². The van der Waals surface area contributed by atoms with Gasteiger partial charge in [-0.3, -0.25) is 9.59 Å². The van der Waals surface area contributed by atoms with E-state index in [-0.39, 0.29) is 30.4 Å². The molecule has 0 fully saturated rings. The maximum atomic E-state index is 11.5. The molecule has 0 heterocycles. The Bertz CT molecular complexity index is 252. The Kier molecular flexibility index (Phi) is 7.54. The van der Waals surface area contributed by atoms with E-state index in [1.165, 1.54) is 0 Å². The predicted molar refractivity (Wildman–Crippen MR) is 66.6 cm³/mol. The van der Waals surface area contributed by atoms with E-state index in [1.54, 1.807) is 6.92 Å². The minimum absolute atomic E-state index is 0.0549. The van der Waals surface area contributed by atoms with Crippen LogP contribution < -0.4 is 10.6 Å². The molecule has 0 aliphatic heterocycles. The minimum atomic E-state index is -0.241. The van der Waals surface area contributed by atoms with Crippen molar-refractivity contribution in [3.05, 3.63) is 0 Å². The summed E-state index contributed by atoms with van der Waals surface area (Å²) >= 11 is 0. The highest BCUT2D eigenvalue weighted by molar-refractivity contribution is 5.78. The highest BCUT2D eigenvalue weighted by Crippen LogP contribution is 2.05. The molecule has 0 radical (unpaired) electrons. The summed E-state index contributed by atoms with van der Waals surface area (Å²) in [5.74, 6) is -0.296. The average Bonchev–Trinajstić information content (AvgIpc) is 2.24. The van der Waals surface area contributed by atoms with E-state index >= 15 is 0 Å². The number of carbonyl (C=O) groups excluding carboxylic acids is 2. The predicted octanol–water partition coefficient (Wildman–Crippen LogP) is 0.834. The van der Waals surface area contributed by atoms with E-state index < -0.39 is 0 Å². The van der Waals surface area contributed by atoms with E-state index in [1.807, 2.05) is 20.8 Å². The van der Waals surface area contributed by atoms with Crippen LogP contribution in [0.2, 0.25) is 0 Å². The van der Waals surface area contributed by atoms with Gasteiger partial charge in [-0.25, -0.2) is 0 Å². The largest absolute Gasteiger partial charge is 0.466 e. The van der Waals surface area contributed by atoms with Crippen molar-refractivity contribution in [2.45, 2.75) is 46.1 Å². The Labute approximate surface area is 103 Å². The van der Waals surface area contributed by atoms with Gasteiger partial charge in [0.1, 0.15) is 0 Å². The van der Waals surface area contributed by atoms with Crippen LogP contribution in [0.4, 0.5) is 0 Å². The number of hydrogen-bond acceptors (Lipinski definition) is 4. The number of carbonyl (C=O) groups is 2. The van der Waals surface area contributed by atoms with Crippen molar-refractivity contribution in [1.82, 2.24) is 10.6 Å². The second-order valence-electron chi connectivity index (χ2n) is 4.52. The highest BCUT2D eigenvalue weighted by atomic mass is 16.5. The summed E-state index contributed by atoms with van der Waals surface area (Å²) in [6, 6.07) is 0. The Morgan fingerprint density at radius 1 is 1.24 bits per heavy atom. The number of amides is 1. The maximum Gasteiger partial charge on any atom is 0.307 e. The van der Waals surface area contributed by atoms with Crippen LogP contribution in [0.3, 0.4) is 0 Å². The first-order valence-electron chi connectivity index (χ1n) is 6.08. The molecule has 0 aliphatic carbocycles. The van der Waals surface area contributed by atoms with E-state index in [0.29, 0.717) is 13.2 Å². The fourth-order valence-corrected chi connectivity index (χ4v) is 1.14. The smallest absolute Gasteiger partial charge is 0.307 e. The van der Waals surface area contributed by atoms with Crippen LogP contribution in [0, 0.1) is 0 Å². The van der Waals surface area contributed by atoms with Crippen LogP contribution in [-0.4, -0.2) is 37.1 Å². The number of hydrogen-bond donors (Lipinski definition) is 2. The first-order valence-corrected chi connectivity index (χ1v) is 6.08. The molecule has 0 saturated carbocycles. The molecule has 0 aliphatic rings. The average molecular weight is 244 g/mol. The van der Waals surface area contributed by atoms with Crippen molar-refractivity contribution in [2.75, 3.05) is 19.7 Å². The molecular formula is C12H24N2O3. The zero-order valence-corrected chi connectivity index (χ0v) is 11.3. The van der Waals surface area contributed by atoms with Gasteiger partial charge in [0.25, 0.3) is 0 Å². The van der Waals surface area contributed by atoms with E-state index in [0.717, 1.165) is 6.42 Å². The van der Waals surface area contributed by atoms with Crippen molar-refractivity contribution in [3.63, 3.8) is 0 Å². The molecule has 0 saturated heterocycles. The Morgan fingerprint density at radius 2 is 1.88 bits per heavy atom. The molecule has 5 nitrogen and oxygen atoms in total. The molecule has 100 valence electrons. The van der Waals surface area contributed by atoms with E-state index in [4.69, 9.17) is 4.74 Å². The summed E-state index contributed by atoms with van der Waals surface area (Å²) in [5.41, 5.74) is -0.181. The summed E-state index contributed by atoms with van der Waals surface area (Å²) in [7, 11) is 0. The van der Waals surface area contributed by atoms with E-state index in [2.05, 4.69) is 10.6 Å². The molecule has 17 heavy (non-hydrogen) atoms. The van der Waals surface area contributed by atoms with Gasteiger partial charge in [0.15, 0.2) is 0 Å². The van der Waals surface area contributed by atoms with Gasteiger partial charge in [0.2, 0.25) is 5.91 Å². The monoisotopic (exact) mass is 244 g/mol. The zero-order chi connectivity index (χ0) is 13.3. The molecule has 0 atom stereocenters. The second kappa shape index (κ2) is 8.06. The summed E-state index contributed by atoms with van der Waals surface area (Å²) in [6.07, 6.45) is 1.17. The van der Waals surface area contributed by atoms with Gasteiger partial charge in [-0.2, -0.15) is 0 Å². The standard InChI is InChI=1S/C12H24N2O3/c1-5-12(3,4)14-10(15)9-13-8-7-11(16)17-6-2/h13H,5-9H2,1-4H3,(H,14,15). The second-order valence-corrected chi connectivity index (χ2v) is 4.52. The summed E-state index contributed by atoms with van der Waals surface area (Å²) < 4.78 is 4.77. The first-order chi connectivity index (χ1) is 7.91. The third-order valence-electron chi connectivity index (χ3n) is 2.46. The van der Waals surface area contributed by atoms with Crippen molar-refractivity contribution in [3.8, 4) is 0 Å². The van der Waals surface area contributed by atoms with Crippen LogP contribution >= 0.6 is 0 Å². The summed E-state index contributed by atoms with van der Waals surface area (Å²) in [5, 5.41) is 5.81. The topological polar surface area (TPSA) is 67.4 Å². The van der Waals surface area contributed by atoms with Crippen molar-refractivity contribution in [1.29, 1.82) is 0 Å². The zero-order valence-electron chi connectivity index (χ0n) is 11.3. The molecule has 2 N–H and O–H groups in total. The lowest BCUT2D eigenvalue weighted by Gasteiger charge is -2.24. The van der Waals surface area contributed by atoms with Gasteiger partial charge < -0.3 is 15.4 Å². The highest BCUT2D eigenvalue weighted by Gasteiger charge is 2.17. The van der Waals surface area contributed by atoms with Crippen molar-refractivity contribution in [2.24, 2.45) is 0 Å². The van der Waals surface area contributed by atoms with Crippen molar-refractivity contribution < 1.29 is 14.3 Å². The van der Waals surface area contributed by atoms with E-state index in [9.17, 15) is 9.59 Å². The van der Waals surface area contributed by atoms with Gasteiger partial charge in [0, 0.05) is 12.1 Å². The summed E-state index contributed by atoms with van der Waals surface area (Å²) in [4.78, 5) is 22.5. The Balaban J connectivity index is 3.62. The third-order valence-corrected chi connectivity index (χ3v) is 2.46. The molecule has 0 aromatic carbocycles. The lowest BCUT2D eigenvalue weighted by atomic mass is 10.0. The number of ether oxygens (including phenoxy) is 1. The number of rotatable bonds is 8. The molecular weight excluding hydrogens is 220 g/mol. The van der Waals surface area contributed by atoms with Crippen LogP contribution in [0.15, 0.2) is 0 Å². The normalized spacial score (nSPS) is 11.1. The SMILES string of the molecule is CCOC(=O)CCNCC(=O)NC(C)(C)CC. The van der Waals surface area contributed by atoms with Crippen LogP contribution in [0.1, 0.15) is 40.5 Å². The van der Waals surface area contributed by atoms with Gasteiger partial charge in [-0.15, -0.1) is 0 Å². The number of nitrogens with one attached hydrogen (secondary N) is 2. The van der Waals surface area contributed by atoms with Gasteiger partial charge in [0.05, 0.1) is 19.6 Å². The maximum absolute atomic E-state index is 11.5. The van der Waals surface area contributed by atoms with Crippen LogP contribution in [0.5, 0.6) is 0 Å². The molecule has 5 heteroatoms. The van der Waals surface area contributed by atoms with Crippen LogP contribution in [0.25, 0.3) is 0 Å². The molecule has 0 aromatic rings. The lowest BCUT2D eigenvalue weighted by Crippen LogP contribution is -2.46. The molecule has 0 rings (SSSR count). The molecule has 1 amide bonds. The summed E-state index contributed by atoms with van der Waals surface area (Å²) in [6.45, 7) is 8.82. The molecule has 0 spiro atoms. The quantitative estimate of drug-likeness (QED) is 0.490. The first kappa shape index (κ1) is 15.9.